The second-order valence-corrected chi connectivity index (χ2v) is 7.23. The molecule has 25 heavy (non-hydrogen) atoms. The number of amides is 1. The number of fused-ring (bicyclic) bond motifs is 1. The maximum Gasteiger partial charge on any atom is 0.277 e. The van der Waals surface area contributed by atoms with Crippen LogP contribution < -0.4 is 5.32 Å². The third kappa shape index (κ3) is 2.62. The molecule has 0 aromatic carbocycles. The van der Waals surface area contributed by atoms with E-state index >= 15 is 0 Å². The summed E-state index contributed by atoms with van der Waals surface area (Å²) in [6, 6.07) is 5.36. The van der Waals surface area contributed by atoms with E-state index < -0.39 is 5.95 Å². The zero-order valence-electron chi connectivity index (χ0n) is 14.8. The second-order valence-electron chi connectivity index (χ2n) is 7.23. The number of piperazine rings is 1. The monoisotopic (exact) mass is 345 g/mol. The Morgan fingerprint density at radius 1 is 1.28 bits per heavy atom. The quantitative estimate of drug-likeness (QED) is 0.846. The van der Waals surface area contributed by atoms with Gasteiger partial charge in [0, 0.05) is 30.9 Å². The van der Waals surface area contributed by atoms with E-state index in [9.17, 15) is 9.18 Å². The Morgan fingerprint density at radius 3 is 2.76 bits per heavy atom. The zero-order valence-corrected chi connectivity index (χ0v) is 14.8. The van der Waals surface area contributed by atoms with Crippen molar-refractivity contribution in [2.24, 2.45) is 0 Å². The van der Waals surface area contributed by atoms with Gasteiger partial charge in [-0.05, 0) is 52.0 Å². The lowest BCUT2D eigenvalue weighted by molar-refractivity contribution is -0.00142. The second kappa shape index (κ2) is 6.07. The average molecular weight is 345 g/mol. The number of nitrogens with zero attached hydrogens (tertiary/aromatic N) is 4. The first-order chi connectivity index (χ1) is 12.0. The normalized spacial score (nSPS) is 21.2. The minimum absolute atomic E-state index is 0.00922. The Kier molecular flexibility index (Phi) is 4.00. The topological polar surface area (TPSA) is 52.9 Å². The summed E-state index contributed by atoms with van der Waals surface area (Å²) in [4.78, 5) is 21.4. The van der Waals surface area contributed by atoms with Crippen molar-refractivity contribution >= 4 is 11.6 Å². The molecule has 2 aliphatic rings. The fourth-order valence-corrected chi connectivity index (χ4v) is 4.17. The third-order valence-electron chi connectivity index (χ3n) is 5.81. The number of aromatic nitrogens is 2. The number of carbonyl (C=O) groups is 1. The molecule has 1 amide bonds. The van der Waals surface area contributed by atoms with Crippen molar-refractivity contribution in [1.29, 1.82) is 0 Å². The highest BCUT2D eigenvalue weighted by Crippen LogP contribution is 2.30. The molecule has 0 aliphatic carbocycles. The molecule has 0 atom stereocenters. The van der Waals surface area contributed by atoms with Crippen LogP contribution in [-0.4, -0.2) is 70.4 Å². The average Bonchev–Trinajstić information content (AvgIpc) is 2.96. The van der Waals surface area contributed by atoms with Gasteiger partial charge in [-0.1, -0.05) is 6.07 Å². The summed E-state index contributed by atoms with van der Waals surface area (Å²) >= 11 is 0. The lowest BCUT2D eigenvalue weighted by atomic mass is 9.84. The number of imidazole rings is 1. The molecule has 2 aromatic rings. The summed E-state index contributed by atoms with van der Waals surface area (Å²) in [6.07, 6.45) is 2.00. The SMILES string of the molecule is Cc1cccc2nc(C(=O)N3CCN(C)C4(CCNCC4)C3)c(F)n12. The number of carbonyl (C=O) groups excluding carboxylic acids is 1. The lowest BCUT2D eigenvalue weighted by Crippen LogP contribution is -2.65. The van der Waals surface area contributed by atoms with Crippen molar-refractivity contribution in [3.8, 4) is 0 Å². The van der Waals surface area contributed by atoms with E-state index in [0.717, 1.165) is 38.2 Å². The molecule has 134 valence electrons. The highest BCUT2D eigenvalue weighted by molar-refractivity contribution is 5.93. The van der Waals surface area contributed by atoms with Crippen molar-refractivity contribution < 1.29 is 9.18 Å². The molecule has 0 saturated carbocycles. The molecule has 7 heteroatoms. The number of hydrogen-bond donors (Lipinski definition) is 1. The Labute approximate surface area is 146 Å². The van der Waals surface area contributed by atoms with Crippen LogP contribution in [0.5, 0.6) is 0 Å². The molecule has 0 radical (unpaired) electrons. The molecule has 0 bridgehead atoms. The van der Waals surface area contributed by atoms with Gasteiger partial charge in [0.2, 0.25) is 5.95 Å². The van der Waals surface area contributed by atoms with Crippen LogP contribution in [0, 0.1) is 12.9 Å². The molecule has 2 aromatic heterocycles. The number of nitrogens with one attached hydrogen (secondary N) is 1. The van der Waals surface area contributed by atoms with Crippen LogP contribution in [0.4, 0.5) is 4.39 Å². The Morgan fingerprint density at radius 2 is 2.04 bits per heavy atom. The molecule has 0 unspecified atom stereocenters. The number of aryl methyl sites for hydroxylation is 1. The number of likely N-dealkylation sites (N-methyl/N-ethyl adjacent to an activating group) is 1. The minimum Gasteiger partial charge on any atom is -0.334 e. The number of halogens is 1. The summed E-state index contributed by atoms with van der Waals surface area (Å²) in [5, 5.41) is 3.38. The summed E-state index contributed by atoms with van der Waals surface area (Å²) < 4.78 is 16.2. The Balaban J connectivity index is 1.65. The first kappa shape index (κ1) is 16.5. The van der Waals surface area contributed by atoms with E-state index in [1.807, 2.05) is 19.1 Å². The van der Waals surface area contributed by atoms with Gasteiger partial charge in [0.25, 0.3) is 5.91 Å². The van der Waals surface area contributed by atoms with Crippen molar-refractivity contribution in [2.75, 3.05) is 39.8 Å². The summed E-state index contributed by atoms with van der Waals surface area (Å²) in [5.74, 6) is -0.858. The van der Waals surface area contributed by atoms with Crippen LogP contribution in [0.25, 0.3) is 5.65 Å². The molecule has 2 aliphatic heterocycles. The minimum atomic E-state index is -0.559. The van der Waals surface area contributed by atoms with Gasteiger partial charge in [0.1, 0.15) is 5.65 Å². The standard InChI is InChI=1S/C18H24FN5O/c1-13-4-3-5-14-21-15(16(19)24(13)14)17(25)23-11-10-22(2)18(12-23)6-8-20-9-7-18/h3-5,20H,6-12H2,1-2H3. The summed E-state index contributed by atoms with van der Waals surface area (Å²) in [7, 11) is 2.13. The van der Waals surface area contributed by atoms with Gasteiger partial charge in [-0.15, -0.1) is 0 Å². The van der Waals surface area contributed by atoms with Crippen LogP contribution >= 0.6 is 0 Å². The number of rotatable bonds is 1. The van der Waals surface area contributed by atoms with Gasteiger partial charge in [-0.2, -0.15) is 4.39 Å². The number of hydrogen-bond acceptors (Lipinski definition) is 4. The van der Waals surface area contributed by atoms with Crippen LogP contribution in [0.1, 0.15) is 29.0 Å². The van der Waals surface area contributed by atoms with Crippen molar-refractivity contribution in [3.05, 3.63) is 35.5 Å². The maximum atomic E-state index is 14.8. The fraction of sp³-hybridized carbons (Fsp3) is 0.556. The predicted octanol–water partition coefficient (Wildman–Crippen LogP) is 1.29. The largest absolute Gasteiger partial charge is 0.334 e. The molecule has 4 heterocycles. The number of pyridine rings is 1. The van der Waals surface area contributed by atoms with Crippen LogP contribution in [0.3, 0.4) is 0 Å². The Bertz CT molecular complexity index is 811. The predicted molar refractivity (Wildman–Crippen MR) is 93.3 cm³/mol. The van der Waals surface area contributed by atoms with E-state index in [4.69, 9.17) is 0 Å². The van der Waals surface area contributed by atoms with Gasteiger partial charge in [-0.3, -0.25) is 14.1 Å². The molecule has 4 rings (SSSR count). The third-order valence-corrected chi connectivity index (χ3v) is 5.81. The van der Waals surface area contributed by atoms with E-state index in [-0.39, 0.29) is 17.1 Å². The lowest BCUT2D eigenvalue weighted by Gasteiger charge is -2.51. The molecular formula is C18H24FN5O. The molecule has 2 saturated heterocycles. The number of piperidine rings is 1. The van der Waals surface area contributed by atoms with E-state index in [0.29, 0.717) is 18.7 Å². The molecule has 1 spiro atoms. The van der Waals surface area contributed by atoms with E-state index in [1.165, 1.54) is 4.40 Å². The van der Waals surface area contributed by atoms with Crippen LogP contribution in [0.15, 0.2) is 18.2 Å². The first-order valence-electron chi connectivity index (χ1n) is 8.87. The Hall–Kier alpha value is -1.99. The van der Waals surface area contributed by atoms with Crippen molar-refractivity contribution in [3.63, 3.8) is 0 Å². The van der Waals surface area contributed by atoms with Crippen LogP contribution in [-0.2, 0) is 0 Å². The zero-order chi connectivity index (χ0) is 17.6. The van der Waals surface area contributed by atoms with Gasteiger partial charge in [-0.25, -0.2) is 4.98 Å². The van der Waals surface area contributed by atoms with Crippen molar-refractivity contribution in [1.82, 2.24) is 24.5 Å². The van der Waals surface area contributed by atoms with Gasteiger partial charge in [0.05, 0.1) is 0 Å². The van der Waals surface area contributed by atoms with Crippen LogP contribution in [0.2, 0.25) is 0 Å². The fourth-order valence-electron chi connectivity index (χ4n) is 4.17. The van der Waals surface area contributed by atoms with Gasteiger partial charge in [0.15, 0.2) is 5.69 Å². The van der Waals surface area contributed by atoms with E-state index in [2.05, 4.69) is 22.2 Å². The maximum absolute atomic E-state index is 14.8. The van der Waals surface area contributed by atoms with E-state index in [1.54, 1.807) is 11.0 Å². The van der Waals surface area contributed by atoms with Gasteiger partial charge >= 0.3 is 0 Å². The summed E-state index contributed by atoms with van der Waals surface area (Å²) in [5.41, 5.74) is 1.13. The van der Waals surface area contributed by atoms with Gasteiger partial charge < -0.3 is 10.2 Å². The highest BCUT2D eigenvalue weighted by Gasteiger charge is 2.42. The molecule has 2 fully saturated rings. The highest BCUT2D eigenvalue weighted by atomic mass is 19.1. The summed E-state index contributed by atoms with van der Waals surface area (Å²) in [6.45, 7) is 5.77. The molecule has 6 nitrogen and oxygen atoms in total. The molecule has 1 N–H and O–H groups in total. The smallest absolute Gasteiger partial charge is 0.277 e. The first-order valence-corrected chi connectivity index (χ1v) is 8.87. The van der Waals surface area contributed by atoms with Crippen molar-refractivity contribution in [2.45, 2.75) is 25.3 Å². The molecular weight excluding hydrogens is 321 g/mol.